The molecule has 5 rings (SSSR count). The van der Waals surface area contributed by atoms with E-state index in [1.54, 1.807) is 24.8 Å². The second kappa shape index (κ2) is 7.79. The van der Waals surface area contributed by atoms with E-state index in [4.69, 9.17) is 0 Å². The Labute approximate surface area is 185 Å². The molecule has 164 valence electrons. The lowest BCUT2D eigenvalue weighted by molar-refractivity contribution is 0.102. The van der Waals surface area contributed by atoms with Gasteiger partial charge in [0, 0.05) is 50.0 Å². The van der Waals surface area contributed by atoms with E-state index < -0.39 is 0 Å². The maximum absolute atomic E-state index is 13.1. The van der Waals surface area contributed by atoms with E-state index >= 15 is 0 Å². The highest BCUT2D eigenvalue weighted by Crippen LogP contribution is 2.26. The third kappa shape index (κ3) is 3.62. The van der Waals surface area contributed by atoms with Crippen molar-refractivity contribution in [1.82, 2.24) is 34.6 Å². The number of aromatic nitrogens is 6. The van der Waals surface area contributed by atoms with Gasteiger partial charge in [0.25, 0.3) is 5.91 Å². The molecule has 2 N–H and O–H groups in total. The average molecular weight is 432 g/mol. The van der Waals surface area contributed by atoms with E-state index in [0.717, 1.165) is 30.3 Å². The van der Waals surface area contributed by atoms with Gasteiger partial charge in [0.05, 0.1) is 23.1 Å². The Balaban J connectivity index is 1.49. The molecule has 10 heteroatoms. The number of carbonyl (C=O) groups is 1. The second-order valence-corrected chi connectivity index (χ2v) is 8.40. The lowest BCUT2D eigenvalue weighted by atomic mass is 10.1. The van der Waals surface area contributed by atoms with Crippen LogP contribution in [-0.4, -0.2) is 60.4 Å². The van der Waals surface area contributed by atoms with Crippen molar-refractivity contribution in [2.24, 2.45) is 0 Å². The zero-order valence-electron chi connectivity index (χ0n) is 18.5. The molecule has 1 amide bonds. The molecule has 0 spiro atoms. The molecule has 1 aliphatic rings. The van der Waals surface area contributed by atoms with Crippen LogP contribution in [0.5, 0.6) is 0 Å². The molecular formula is C22H25N9O. The van der Waals surface area contributed by atoms with Gasteiger partial charge in [-0.05, 0) is 27.7 Å². The Morgan fingerprint density at radius 1 is 1.03 bits per heavy atom. The van der Waals surface area contributed by atoms with E-state index in [0.29, 0.717) is 40.1 Å². The van der Waals surface area contributed by atoms with Crippen molar-refractivity contribution in [2.45, 2.75) is 39.8 Å². The number of anilines is 2. The number of imidazole rings is 1. The number of aryl methyl sites for hydroxylation is 2. The third-order valence-corrected chi connectivity index (χ3v) is 5.55. The summed E-state index contributed by atoms with van der Waals surface area (Å²) in [5.41, 5.74) is 3.87. The molecule has 0 saturated carbocycles. The number of piperazine rings is 1. The zero-order chi connectivity index (χ0) is 22.4. The van der Waals surface area contributed by atoms with Crippen LogP contribution in [0.15, 0.2) is 31.0 Å². The first-order valence-electron chi connectivity index (χ1n) is 10.6. The van der Waals surface area contributed by atoms with Gasteiger partial charge >= 0.3 is 0 Å². The smallest absolute Gasteiger partial charge is 0.260 e. The third-order valence-electron chi connectivity index (χ3n) is 5.55. The Bertz CT molecular complexity index is 1320. The number of amides is 1. The van der Waals surface area contributed by atoms with Gasteiger partial charge in [-0.25, -0.2) is 15.0 Å². The van der Waals surface area contributed by atoms with Gasteiger partial charge in [-0.15, -0.1) is 0 Å². The fourth-order valence-corrected chi connectivity index (χ4v) is 4.39. The van der Waals surface area contributed by atoms with E-state index in [-0.39, 0.29) is 5.91 Å². The predicted molar refractivity (Wildman–Crippen MR) is 122 cm³/mol. The van der Waals surface area contributed by atoms with Crippen LogP contribution in [0.2, 0.25) is 0 Å². The fourth-order valence-electron chi connectivity index (χ4n) is 4.39. The maximum atomic E-state index is 13.1. The van der Waals surface area contributed by atoms with Gasteiger partial charge in [0.1, 0.15) is 11.0 Å². The normalized spacial score (nSPS) is 18.9. The van der Waals surface area contributed by atoms with Gasteiger partial charge in [-0.1, -0.05) is 0 Å². The van der Waals surface area contributed by atoms with Gasteiger partial charge in [0.15, 0.2) is 17.3 Å². The molecule has 0 bridgehead atoms. The number of nitrogens with zero attached hydrogens (tertiary/aromatic N) is 7. The van der Waals surface area contributed by atoms with Crippen LogP contribution < -0.4 is 15.5 Å². The highest BCUT2D eigenvalue weighted by atomic mass is 16.1. The van der Waals surface area contributed by atoms with E-state index in [1.807, 2.05) is 24.4 Å². The molecule has 4 aromatic heterocycles. The lowest BCUT2D eigenvalue weighted by Crippen LogP contribution is -2.54. The van der Waals surface area contributed by atoms with Crippen molar-refractivity contribution in [3.8, 4) is 0 Å². The number of fused-ring (bicyclic) bond motifs is 2. The van der Waals surface area contributed by atoms with Crippen molar-refractivity contribution in [1.29, 1.82) is 0 Å². The quantitative estimate of drug-likeness (QED) is 0.507. The molecule has 2 atom stereocenters. The predicted octanol–water partition coefficient (Wildman–Crippen LogP) is 2.12. The van der Waals surface area contributed by atoms with Crippen molar-refractivity contribution in [3.05, 3.63) is 47.9 Å². The van der Waals surface area contributed by atoms with Gasteiger partial charge < -0.3 is 19.9 Å². The van der Waals surface area contributed by atoms with Crippen LogP contribution in [0.1, 0.15) is 35.6 Å². The van der Waals surface area contributed by atoms with Crippen LogP contribution in [0, 0.1) is 13.8 Å². The van der Waals surface area contributed by atoms with Crippen LogP contribution >= 0.6 is 0 Å². The summed E-state index contributed by atoms with van der Waals surface area (Å²) < 4.78 is 1.86. The van der Waals surface area contributed by atoms with E-state index in [1.165, 1.54) is 0 Å². The summed E-state index contributed by atoms with van der Waals surface area (Å²) in [5, 5.41) is 6.39. The minimum absolute atomic E-state index is 0.326. The Morgan fingerprint density at radius 3 is 2.50 bits per heavy atom. The SMILES string of the molecule is Cc1cn2cc(NC(=O)c3cnc(N4C[C@@H](C)N[C@H](C)C4)c4nccnc34)nc2c(C)n1. The zero-order valence-corrected chi connectivity index (χ0v) is 18.5. The Morgan fingerprint density at radius 2 is 1.75 bits per heavy atom. The molecule has 1 fully saturated rings. The molecular weight excluding hydrogens is 406 g/mol. The van der Waals surface area contributed by atoms with Crippen LogP contribution in [0.25, 0.3) is 16.7 Å². The molecule has 0 aliphatic carbocycles. The first kappa shape index (κ1) is 20.3. The summed E-state index contributed by atoms with van der Waals surface area (Å²) in [4.78, 5) is 37.9. The first-order valence-corrected chi connectivity index (χ1v) is 10.6. The number of carbonyl (C=O) groups excluding carboxylic acids is 1. The van der Waals surface area contributed by atoms with E-state index in [9.17, 15) is 4.79 Å². The molecule has 0 unspecified atom stereocenters. The molecule has 32 heavy (non-hydrogen) atoms. The molecule has 0 radical (unpaired) electrons. The summed E-state index contributed by atoms with van der Waals surface area (Å²) >= 11 is 0. The fraction of sp³-hybridized carbons (Fsp3) is 0.364. The summed E-state index contributed by atoms with van der Waals surface area (Å²) in [6, 6.07) is 0.652. The summed E-state index contributed by atoms with van der Waals surface area (Å²) in [7, 11) is 0. The number of pyridine rings is 1. The first-order chi connectivity index (χ1) is 15.4. The van der Waals surface area contributed by atoms with Crippen LogP contribution in [-0.2, 0) is 0 Å². The molecule has 10 nitrogen and oxygen atoms in total. The molecule has 0 aromatic carbocycles. The number of rotatable bonds is 3. The Hall–Kier alpha value is -3.66. The monoisotopic (exact) mass is 431 g/mol. The largest absolute Gasteiger partial charge is 0.352 e. The minimum Gasteiger partial charge on any atom is -0.352 e. The second-order valence-electron chi connectivity index (χ2n) is 8.40. The minimum atomic E-state index is -0.331. The van der Waals surface area contributed by atoms with E-state index in [2.05, 4.69) is 54.3 Å². The standard InChI is InChI=1S/C22H25N9O/c1-12-8-30(9-13(2)26-12)21-19-18(23-5-6-24-19)16(7-25-21)22(32)29-17-11-31-10-14(3)27-15(4)20(31)28-17/h5-7,10-13,26H,8-9H2,1-4H3,(H,29,32)/t12-,13-/m1/s1. The van der Waals surface area contributed by atoms with Gasteiger partial charge in [-0.2, -0.15) is 0 Å². The van der Waals surface area contributed by atoms with Crippen molar-refractivity contribution < 1.29 is 4.79 Å². The summed E-state index contributed by atoms with van der Waals surface area (Å²) in [5.74, 6) is 0.855. The van der Waals surface area contributed by atoms with Crippen molar-refractivity contribution in [3.63, 3.8) is 0 Å². The number of hydrogen-bond acceptors (Lipinski definition) is 8. The maximum Gasteiger partial charge on any atom is 0.260 e. The molecule has 5 heterocycles. The van der Waals surface area contributed by atoms with Crippen LogP contribution in [0.3, 0.4) is 0 Å². The van der Waals surface area contributed by atoms with Crippen molar-refractivity contribution >= 4 is 34.2 Å². The number of hydrogen-bond donors (Lipinski definition) is 2. The highest BCUT2D eigenvalue weighted by Gasteiger charge is 2.25. The lowest BCUT2D eigenvalue weighted by Gasteiger charge is -2.37. The summed E-state index contributed by atoms with van der Waals surface area (Å²) in [6.07, 6.45) is 8.44. The number of nitrogens with one attached hydrogen (secondary N) is 2. The van der Waals surface area contributed by atoms with Crippen molar-refractivity contribution in [2.75, 3.05) is 23.3 Å². The summed E-state index contributed by atoms with van der Waals surface area (Å²) in [6.45, 7) is 9.72. The molecule has 1 aliphatic heterocycles. The topological polar surface area (TPSA) is 113 Å². The Kier molecular flexibility index (Phi) is 4.93. The average Bonchev–Trinajstić information content (AvgIpc) is 3.14. The van der Waals surface area contributed by atoms with Gasteiger partial charge in [0.2, 0.25) is 0 Å². The molecule has 1 saturated heterocycles. The van der Waals surface area contributed by atoms with Gasteiger partial charge in [-0.3, -0.25) is 14.8 Å². The van der Waals surface area contributed by atoms with Crippen LogP contribution in [0.4, 0.5) is 11.6 Å². The highest BCUT2D eigenvalue weighted by molar-refractivity contribution is 6.12. The molecule has 4 aromatic rings.